The molecule has 0 aliphatic heterocycles. The summed E-state index contributed by atoms with van der Waals surface area (Å²) >= 11 is 1.38. The minimum absolute atomic E-state index is 0.309. The van der Waals surface area contributed by atoms with Crippen LogP contribution in [0.1, 0.15) is 15.2 Å². The van der Waals surface area contributed by atoms with E-state index in [1.165, 1.54) is 18.4 Å². The van der Waals surface area contributed by atoms with Crippen LogP contribution in [-0.4, -0.2) is 18.1 Å². The van der Waals surface area contributed by atoms with Gasteiger partial charge in [-0.05, 0) is 35.2 Å². The molecule has 0 amide bonds. The highest BCUT2D eigenvalue weighted by molar-refractivity contribution is 7.12. The lowest BCUT2D eigenvalue weighted by molar-refractivity contribution is 0.0607. The minimum Gasteiger partial charge on any atom is -0.465 e. The predicted molar refractivity (Wildman–Crippen MR) is 80.8 cm³/mol. The lowest BCUT2D eigenvalue weighted by atomic mass is 10.1. The first-order valence-corrected chi connectivity index (χ1v) is 7.09. The Morgan fingerprint density at radius 2 is 2.20 bits per heavy atom. The van der Waals surface area contributed by atoms with Crippen molar-refractivity contribution in [2.24, 2.45) is 5.73 Å². The van der Waals surface area contributed by atoms with Gasteiger partial charge in [0.1, 0.15) is 4.88 Å². The van der Waals surface area contributed by atoms with Crippen molar-refractivity contribution in [1.82, 2.24) is 4.98 Å². The molecule has 0 bridgehead atoms. The Balaban J connectivity index is 2.11. The Bertz CT molecular complexity index is 773. The number of nitrogens with one attached hydrogen (secondary N) is 1. The Hall–Kier alpha value is -2.11. The molecule has 3 rings (SSSR count). The van der Waals surface area contributed by atoms with Crippen molar-refractivity contribution in [2.75, 3.05) is 7.11 Å². The van der Waals surface area contributed by atoms with Crippen LogP contribution in [0.3, 0.4) is 0 Å². The molecule has 0 aliphatic rings. The van der Waals surface area contributed by atoms with Crippen molar-refractivity contribution in [3.05, 3.63) is 46.2 Å². The van der Waals surface area contributed by atoms with Crippen molar-refractivity contribution in [3.63, 3.8) is 0 Å². The molecule has 2 heterocycles. The van der Waals surface area contributed by atoms with Crippen LogP contribution in [0.4, 0.5) is 0 Å². The average Bonchev–Trinajstić information content (AvgIpc) is 3.11. The number of ether oxygens (including phenoxy) is 1. The molecule has 0 saturated carbocycles. The second-order valence-corrected chi connectivity index (χ2v) is 5.38. The first-order valence-electron chi connectivity index (χ1n) is 6.21. The molecule has 5 heteroatoms. The maximum absolute atomic E-state index is 11.7. The number of H-pyrrole nitrogens is 1. The highest BCUT2D eigenvalue weighted by Crippen LogP contribution is 2.31. The van der Waals surface area contributed by atoms with Gasteiger partial charge in [-0.25, -0.2) is 4.79 Å². The fraction of sp³-hybridized carbons (Fsp3) is 0.133. The zero-order chi connectivity index (χ0) is 14.1. The Morgan fingerprint density at radius 1 is 1.35 bits per heavy atom. The summed E-state index contributed by atoms with van der Waals surface area (Å²) in [5.74, 6) is -0.309. The molecule has 3 aromatic rings. The number of aromatic nitrogens is 1. The normalized spacial score (nSPS) is 10.9. The molecule has 0 atom stereocenters. The number of fused-ring (bicyclic) bond motifs is 1. The number of esters is 1. The Labute approximate surface area is 120 Å². The summed E-state index contributed by atoms with van der Waals surface area (Å²) in [4.78, 5) is 15.7. The molecule has 102 valence electrons. The van der Waals surface area contributed by atoms with E-state index in [4.69, 9.17) is 10.5 Å². The van der Waals surface area contributed by atoms with Crippen molar-refractivity contribution in [2.45, 2.75) is 6.54 Å². The van der Waals surface area contributed by atoms with Gasteiger partial charge in [0, 0.05) is 28.7 Å². The zero-order valence-corrected chi connectivity index (χ0v) is 11.8. The summed E-state index contributed by atoms with van der Waals surface area (Å²) in [5, 5.41) is 2.98. The summed E-state index contributed by atoms with van der Waals surface area (Å²) in [6.07, 6.45) is 0. The molecule has 0 aliphatic carbocycles. The monoisotopic (exact) mass is 286 g/mol. The first-order chi connectivity index (χ1) is 9.72. The molecule has 0 fully saturated rings. The minimum atomic E-state index is -0.309. The quantitative estimate of drug-likeness (QED) is 0.727. The largest absolute Gasteiger partial charge is 0.465 e. The van der Waals surface area contributed by atoms with Crippen molar-refractivity contribution in [3.8, 4) is 11.3 Å². The van der Waals surface area contributed by atoms with E-state index < -0.39 is 0 Å². The second-order valence-electron chi connectivity index (χ2n) is 4.46. The maximum Gasteiger partial charge on any atom is 0.348 e. The van der Waals surface area contributed by atoms with Crippen LogP contribution in [0.2, 0.25) is 0 Å². The number of carbonyl (C=O) groups is 1. The maximum atomic E-state index is 11.7. The van der Waals surface area contributed by atoms with Gasteiger partial charge in [-0.2, -0.15) is 0 Å². The zero-order valence-electron chi connectivity index (χ0n) is 11.0. The second kappa shape index (κ2) is 5.11. The van der Waals surface area contributed by atoms with E-state index >= 15 is 0 Å². The third-order valence-corrected chi connectivity index (χ3v) is 4.14. The predicted octanol–water partition coefficient (Wildman–Crippen LogP) is 3.14. The van der Waals surface area contributed by atoms with Gasteiger partial charge < -0.3 is 15.5 Å². The number of methoxy groups -OCH3 is 1. The molecule has 1 aromatic carbocycles. The third kappa shape index (κ3) is 2.11. The first kappa shape index (κ1) is 12.9. The van der Waals surface area contributed by atoms with Gasteiger partial charge in [0.15, 0.2) is 0 Å². The summed E-state index contributed by atoms with van der Waals surface area (Å²) in [5.41, 5.74) is 9.55. The highest BCUT2D eigenvalue weighted by atomic mass is 32.1. The van der Waals surface area contributed by atoms with Crippen LogP contribution >= 0.6 is 11.3 Å². The van der Waals surface area contributed by atoms with Gasteiger partial charge in [0.05, 0.1) is 7.11 Å². The third-order valence-electron chi connectivity index (χ3n) is 3.25. The molecule has 0 saturated heterocycles. The SMILES string of the molecule is COC(=O)c1sccc1-c1cc2cc(CN)ccc2[nH]1. The summed E-state index contributed by atoms with van der Waals surface area (Å²) < 4.78 is 4.81. The summed E-state index contributed by atoms with van der Waals surface area (Å²) in [6.45, 7) is 0.516. The number of aromatic amines is 1. The molecule has 0 spiro atoms. The molecule has 3 N–H and O–H groups in total. The van der Waals surface area contributed by atoms with Crippen LogP contribution in [0.25, 0.3) is 22.2 Å². The number of carbonyl (C=O) groups excluding carboxylic acids is 1. The van der Waals surface area contributed by atoms with E-state index in [1.54, 1.807) is 0 Å². The molecular weight excluding hydrogens is 272 g/mol. The van der Waals surface area contributed by atoms with Gasteiger partial charge >= 0.3 is 5.97 Å². The van der Waals surface area contributed by atoms with E-state index in [0.29, 0.717) is 11.4 Å². The van der Waals surface area contributed by atoms with Crippen LogP contribution in [0, 0.1) is 0 Å². The average molecular weight is 286 g/mol. The topological polar surface area (TPSA) is 68.1 Å². The van der Waals surface area contributed by atoms with Gasteiger partial charge in [0.25, 0.3) is 0 Å². The van der Waals surface area contributed by atoms with Gasteiger partial charge in [-0.15, -0.1) is 11.3 Å². The van der Waals surface area contributed by atoms with Gasteiger partial charge in [-0.3, -0.25) is 0 Å². The number of hydrogen-bond donors (Lipinski definition) is 2. The molecule has 2 aromatic heterocycles. The lowest BCUT2D eigenvalue weighted by Crippen LogP contribution is -1.99. The standard InChI is InChI=1S/C15H14N2O2S/c1-19-15(18)14-11(4-5-20-14)13-7-10-6-9(8-16)2-3-12(10)17-13/h2-7,17H,8,16H2,1H3. The van der Waals surface area contributed by atoms with Crippen LogP contribution < -0.4 is 5.73 Å². The van der Waals surface area contributed by atoms with Gasteiger partial charge in [-0.1, -0.05) is 6.07 Å². The summed E-state index contributed by atoms with van der Waals surface area (Å²) in [6, 6.07) is 10.0. The highest BCUT2D eigenvalue weighted by Gasteiger charge is 2.16. The number of nitrogens with two attached hydrogens (primary N) is 1. The Morgan fingerprint density at radius 3 is 2.95 bits per heavy atom. The van der Waals surface area contributed by atoms with Gasteiger partial charge in [0.2, 0.25) is 0 Å². The van der Waals surface area contributed by atoms with Crippen LogP contribution in [0.5, 0.6) is 0 Å². The van der Waals surface area contributed by atoms with Crippen molar-refractivity contribution in [1.29, 1.82) is 0 Å². The summed E-state index contributed by atoms with van der Waals surface area (Å²) in [7, 11) is 1.39. The number of benzene rings is 1. The fourth-order valence-corrected chi connectivity index (χ4v) is 3.05. The number of rotatable bonds is 3. The molecular formula is C15H14N2O2S. The van der Waals surface area contributed by atoms with Crippen molar-refractivity contribution >= 4 is 28.2 Å². The number of thiophene rings is 1. The van der Waals surface area contributed by atoms with Crippen LogP contribution in [0.15, 0.2) is 35.7 Å². The molecule has 0 unspecified atom stereocenters. The van der Waals surface area contributed by atoms with E-state index in [1.807, 2.05) is 29.6 Å². The smallest absolute Gasteiger partial charge is 0.348 e. The fourth-order valence-electron chi connectivity index (χ4n) is 2.23. The Kier molecular flexibility index (Phi) is 3.30. The number of hydrogen-bond acceptors (Lipinski definition) is 4. The van der Waals surface area contributed by atoms with E-state index in [-0.39, 0.29) is 5.97 Å². The van der Waals surface area contributed by atoms with Crippen LogP contribution in [-0.2, 0) is 11.3 Å². The molecule has 20 heavy (non-hydrogen) atoms. The van der Waals surface area contributed by atoms with E-state index in [0.717, 1.165) is 27.7 Å². The molecule has 0 radical (unpaired) electrons. The van der Waals surface area contributed by atoms with Crippen molar-refractivity contribution < 1.29 is 9.53 Å². The lowest BCUT2D eigenvalue weighted by Gasteiger charge is -1.99. The van der Waals surface area contributed by atoms with E-state index in [9.17, 15) is 4.79 Å². The van der Waals surface area contributed by atoms with E-state index in [2.05, 4.69) is 11.1 Å². The molecule has 4 nitrogen and oxygen atoms in total.